The summed E-state index contributed by atoms with van der Waals surface area (Å²) in [6.07, 6.45) is 8.31. The summed E-state index contributed by atoms with van der Waals surface area (Å²) < 4.78 is 1.95. The minimum Gasteiger partial charge on any atom is -0.384 e. The third kappa shape index (κ3) is 2.74. The van der Waals surface area contributed by atoms with Crippen molar-refractivity contribution in [2.75, 3.05) is 5.73 Å². The van der Waals surface area contributed by atoms with Crippen molar-refractivity contribution in [3.8, 4) is 0 Å². The van der Waals surface area contributed by atoms with Crippen LogP contribution >= 0.6 is 0 Å². The molecule has 3 nitrogen and oxygen atoms in total. The van der Waals surface area contributed by atoms with Gasteiger partial charge in [-0.3, -0.25) is 0 Å². The monoisotopic (exact) mass is 207 g/mol. The van der Waals surface area contributed by atoms with Gasteiger partial charge in [0.05, 0.1) is 5.69 Å². The van der Waals surface area contributed by atoms with E-state index in [1.807, 2.05) is 17.7 Å². The van der Waals surface area contributed by atoms with Crippen molar-refractivity contribution >= 4 is 5.82 Å². The molecule has 1 aromatic rings. The molecule has 0 unspecified atom stereocenters. The average molecular weight is 207 g/mol. The molecule has 3 heteroatoms. The number of nitrogens with zero attached hydrogens (tertiary/aromatic N) is 2. The van der Waals surface area contributed by atoms with E-state index in [0.29, 0.717) is 0 Å². The molecule has 0 atom stereocenters. The Balaban J connectivity index is 1.84. The lowest BCUT2D eigenvalue weighted by atomic mass is 9.87. The quantitative estimate of drug-likeness (QED) is 0.828. The lowest BCUT2D eigenvalue weighted by Gasteiger charge is -2.21. The molecule has 0 amide bonds. The fraction of sp³-hybridized carbons (Fsp3) is 0.750. The molecule has 1 aliphatic carbocycles. The van der Waals surface area contributed by atoms with Crippen LogP contribution in [0.15, 0.2) is 6.07 Å². The Hall–Kier alpha value is -0.990. The fourth-order valence-corrected chi connectivity index (χ4v) is 2.53. The van der Waals surface area contributed by atoms with Crippen LogP contribution in [-0.4, -0.2) is 9.78 Å². The maximum absolute atomic E-state index is 5.86. The van der Waals surface area contributed by atoms with E-state index in [0.717, 1.165) is 24.0 Å². The number of nitrogens with two attached hydrogens (primary N) is 1. The summed E-state index contributed by atoms with van der Waals surface area (Å²) in [4.78, 5) is 0. The van der Waals surface area contributed by atoms with E-state index in [9.17, 15) is 0 Å². The molecule has 1 heterocycles. The summed E-state index contributed by atoms with van der Waals surface area (Å²) >= 11 is 0. The van der Waals surface area contributed by atoms with Crippen LogP contribution in [0.5, 0.6) is 0 Å². The highest BCUT2D eigenvalue weighted by Gasteiger charge is 2.13. The molecule has 0 aromatic carbocycles. The standard InChI is InChI=1S/C12H21N3/c1-10-9-12(13)15(14-10)8-7-11-5-3-2-4-6-11/h9,11H,2-8,13H2,1H3. The van der Waals surface area contributed by atoms with Crippen LogP contribution in [0.4, 0.5) is 5.82 Å². The predicted molar refractivity (Wildman–Crippen MR) is 62.6 cm³/mol. The molecule has 15 heavy (non-hydrogen) atoms. The number of nitrogen functional groups attached to an aromatic ring is 1. The maximum atomic E-state index is 5.86. The number of aryl methyl sites for hydroxylation is 2. The van der Waals surface area contributed by atoms with Crippen LogP contribution in [0.25, 0.3) is 0 Å². The Morgan fingerprint density at radius 1 is 1.40 bits per heavy atom. The Morgan fingerprint density at radius 3 is 2.73 bits per heavy atom. The summed E-state index contributed by atoms with van der Waals surface area (Å²) in [7, 11) is 0. The molecule has 0 saturated heterocycles. The molecule has 0 radical (unpaired) electrons. The van der Waals surface area contributed by atoms with Crippen molar-refractivity contribution in [1.82, 2.24) is 9.78 Å². The third-order valence-corrected chi connectivity index (χ3v) is 3.41. The molecule has 2 N–H and O–H groups in total. The van der Waals surface area contributed by atoms with Crippen LogP contribution in [0.3, 0.4) is 0 Å². The summed E-state index contributed by atoms with van der Waals surface area (Å²) in [5, 5.41) is 4.39. The second-order valence-corrected chi connectivity index (χ2v) is 4.73. The molecule has 2 rings (SSSR count). The molecule has 0 aliphatic heterocycles. The molecule has 0 bridgehead atoms. The second-order valence-electron chi connectivity index (χ2n) is 4.73. The van der Waals surface area contributed by atoms with Crippen molar-refractivity contribution in [3.05, 3.63) is 11.8 Å². The zero-order valence-corrected chi connectivity index (χ0v) is 9.58. The van der Waals surface area contributed by atoms with Crippen LogP contribution < -0.4 is 5.73 Å². The van der Waals surface area contributed by atoms with Crippen molar-refractivity contribution < 1.29 is 0 Å². The summed E-state index contributed by atoms with van der Waals surface area (Å²) in [6, 6.07) is 1.95. The summed E-state index contributed by atoms with van der Waals surface area (Å²) in [5.41, 5.74) is 6.88. The first-order chi connectivity index (χ1) is 7.25. The van der Waals surface area contributed by atoms with Gasteiger partial charge in [-0.15, -0.1) is 0 Å². The van der Waals surface area contributed by atoms with Crippen LogP contribution in [0, 0.1) is 12.8 Å². The van der Waals surface area contributed by atoms with E-state index in [4.69, 9.17) is 5.73 Å². The highest BCUT2D eigenvalue weighted by molar-refractivity contribution is 5.29. The zero-order chi connectivity index (χ0) is 10.7. The molecule has 84 valence electrons. The number of aromatic nitrogens is 2. The highest BCUT2D eigenvalue weighted by Crippen LogP contribution is 2.26. The Morgan fingerprint density at radius 2 is 2.13 bits per heavy atom. The van der Waals surface area contributed by atoms with Gasteiger partial charge in [0.1, 0.15) is 5.82 Å². The lowest BCUT2D eigenvalue weighted by Crippen LogP contribution is -2.12. The van der Waals surface area contributed by atoms with Gasteiger partial charge in [-0.2, -0.15) is 5.10 Å². The third-order valence-electron chi connectivity index (χ3n) is 3.41. The number of hydrogen-bond donors (Lipinski definition) is 1. The molecular formula is C12H21N3. The van der Waals surface area contributed by atoms with Gasteiger partial charge in [0.2, 0.25) is 0 Å². The van der Waals surface area contributed by atoms with Crippen molar-refractivity contribution in [3.63, 3.8) is 0 Å². The first-order valence-corrected chi connectivity index (χ1v) is 6.05. The van der Waals surface area contributed by atoms with Gasteiger partial charge < -0.3 is 5.73 Å². The Kier molecular flexibility index (Phi) is 3.29. The SMILES string of the molecule is Cc1cc(N)n(CCC2CCCCC2)n1. The zero-order valence-electron chi connectivity index (χ0n) is 9.58. The first kappa shape index (κ1) is 10.5. The van der Waals surface area contributed by atoms with Crippen molar-refractivity contribution in [2.24, 2.45) is 5.92 Å². The van der Waals surface area contributed by atoms with E-state index < -0.39 is 0 Å². The second kappa shape index (κ2) is 4.69. The van der Waals surface area contributed by atoms with Gasteiger partial charge in [-0.1, -0.05) is 32.1 Å². The molecule has 1 saturated carbocycles. The number of anilines is 1. The smallest absolute Gasteiger partial charge is 0.121 e. The largest absolute Gasteiger partial charge is 0.384 e. The molecule has 1 aromatic heterocycles. The van der Waals surface area contributed by atoms with Gasteiger partial charge in [0.15, 0.2) is 0 Å². The molecule has 0 spiro atoms. The van der Waals surface area contributed by atoms with E-state index in [-0.39, 0.29) is 0 Å². The number of rotatable bonds is 3. The van der Waals surface area contributed by atoms with Crippen LogP contribution in [0.2, 0.25) is 0 Å². The molecule has 1 aliphatic rings. The van der Waals surface area contributed by atoms with E-state index in [1.165, 1.54) is 38.5 Å². The first-order valence-electron chi connectivity index (χ1n) is 6.05. The summed E-state index contributed by atoms with van der Waals surface area (Å²) in [5.74, 6) is 1.71. The lowest BCUT2D eigenvalue weighted by molar-refractivity contribution is 0.319. The van der Waals surface area contributed by atoms with Gasteiger partial charge >= 0.3 is 0 Å². The topological polar surface area (TPSA) is 43.8 Å². The van der Waals surface area contributed by atoms with E-state index in [2.05, 4.69) is 5.10 Å². The Labute approximate surface area is 91.7 Å². The van der Waals surface area contributed by atoms with Gasteiger partial charge in [-0.05, 0) is 19.3 Å². The predicted octanol–water partition coefficient (Wildman–Crippen LogP) is 2.74. The highest BCUT2D eigenvalue weighted by atomic mass is 15.3. The van der Waals surface area contributed by atoms with E-state index >= 15 is 0 Å². The minimum atomic E-state index is 0.809. The van der Waals surface area contributed by atoms with E-state index in [1.54, 1.807) is 0 Å². The van der Waals surface area contributed by atoms with Crippen LogP contribution in [-0.2, 0) is 6.54 Å². The van der Waals surface area contributed by atoms with Crippen LogP contribution in [0.1, 0.15) is 44.2 Å². The minimum absolute atomic E-state index is 0.809. The van der Waals surface area contributed by atoms with Crippen molar-refractivity contribution in [2.45, 2.75) is 52.0 Å². The normalized spacial score (nSPS) is 18.2. The van der Waals surface area contributed by atoms with Gasteiger partial charge in [0, 0.05) is 12.6 Å². The Bertz CT molecular complexity index is 311. The number of hydrogen-bond acceptors (Lipinski definition) is 2. The average Bonchev–Trinajstić information content (AvgIpc) is 2.56. The summed E-state index contributed by atoms with van der Waals surface area (Å²) in [6.45, 7) is 2.98. The van der Waals surface area contributed by atoms with Crippen molar-refractivity contribution in [1.29, 1.82) is 0 Å². The molecule has 1 fully saturated rings. The fourth-order valence-electron chi connectivity index (χ4n) is 2.53. The molecular weight excluding hydrogens is 186 g/mol. The van der Waals surface area contributed by atoms with Gasteiger partial charge in [0.25, 0.3) is 0 Å². The van der Waals surface area contributed by atoms with Gasteiger partial charge in [-0.25, -0.2) is 4.68 Å². The maximum Gasteiger partial charge on any atom is 0.121 e.